The molecule has 1 atom stereocenters. The summed E-state index contributed by atoms with van der Waals surface area (Å²) in [6, 6.07) is 3.35. The maximum absolute atomic E-state index is 13.9. The van der Waals surface area contributed by atoms with Crippen LogP contribution < -0.4 is 5.73 Å². The molecule has 4 heteroatoms. The van der Waals surface area contributed by atoms with Crippen LogP contribution in [0, 0.1) is 18.7 Å². The summed E-state index contributed by atoms with van der Waals surface area (Å²) in [5.74, 6) is 0.432. The summed E-state index contributed by atoms with van der Waals surface area (Å²) < 4.78 is 14.7. The van der Waals surface area contributed by atoms with Crippen molar-refractivity contribution in [3.8, 4) is 0 Å². The molecule has 98 valence electrons. The molecule has 17 heavy (non-hydrogen) atoms. The Balaban J connectivity index is 0.00000256. The second-order valence-electron chi connectivity index (χ2n) is 4.70. The molecule has 0 spiro atoms. The van der Waals surface area contributed by atoms with Crippen LogP contribution in [-0.2, 0) is 0 Å². The summed E-state index contributed by atoms with van der Waals surface area (Å²) in [6.45, 7) is 6.06. The van der Waals surface area contributed by atoms with Crippen molar-refractivity contribution in [2.45, 2.75) is 39.7 Å². The third-order valence-electron chi connectivity index (χ3n) is 2.70. The number of aryl methyl sites for hydroxylation is 1. The molecule has 1 rings (SSSR count). The third kappa shape index (κ3) is 4.94. The first kappa shape index (κ1) is 16.9. The SMILES string of the molecule is Cc1cc(Br)cc([C@H](N)CCC(C)C)c1F.Cl. The van der Waals surface area contributed by atoms with Crippen molar-refractivity contribution < 1.29 is 4.39 Å². The van der Waals surface area contributed by atoms with E-state index in [2.05, 4.69) is 29.8 Å². The van der Waals surface area contributed by atoms with Gasteiger partial charge < -0.3 is 5.73 Å². The molecule has 1 aromatic rings. The smallest absolute Gasteiger partial charge is 0.130 e. The number of halogens is 3. The Kier molecular flexibility index (Phi) is 7.29. The van der Waals surface area contributed by atoms with E-state index in [1.807, 2.05) is 0 Å². The minimum absolute atomic E-state index is 0. The number of hydrogen-bond acceptors (Lipinski definition) is 1. The molecule has 0 aromatic heterocycles. The molecular weight excluding hydrogens is 305 g/mol. The summed E-state index contributed by atoms with van der Waals surface area (Å²) in [6.07, 6.45) is 1.84. The second kappa shape index (κ2) is 7.34. The molecule has 1 nitrogen and oxygen atoms in total. The van der Waals surface area contributed by atoms with E-state index in [9.17, 15) is 4.39 Å². The van der Waals surface area contributed by atoms with Gasteiger partial charge in [-0.05, 0) is 43.4 Å². The first-order chi connectivity index (χ1) is 7.41. The maximum atomic E-state index is 13.9. The highest BCUT2D eigenvalue weighted by Crippen LogP contribution is 2.26. The normalized spacial score (nSPS) is 12.4. The van der Waals surface area contributed by atoms with E-state index in [1.54, 1.807) is 19.1 Å². The van der Waals surface area contributed by atoms with Gasteiger partial charge in [0.25, 0.3) is 0 Å². The number of rotatable bonds is 4. The molecule has 0 bridgehead atoms. The van der Waals surface area contributed by atoms with E-state index in [0.29, 0.717) is 17.0 Å². The molecule has 0 aliphatic rings. The van der Waals surface area contributed by atoms with Gasteiger partial charge in [-0.25, -0.2) is 4.39 Å². The van der Waals surface area contributed by atoms with Crippen LogP contribution in [0.15, 0.2) is 16.6 Å². The predicted molar refractivity (Wildman–Crippen MR) is 77.1 cm³/mol. The second-order valence-corrected chi connectivity index (χ2v) is 5.62. The zero-order valence-corrected chi connectivity index (χ0v) is 12.9. The summed E-state index contributed by atoms with van der Waals surface area (Å²) in [5.41, 5.74) is 7.28. The van der Waals surface area contributed by atoms with Crippen molar-refractivity contribution in [3.63, 3.8) is 0 Å². The quantitative estimate of drug-likeness (QED) is 0.849. The maximum Gasteiger partial charge on any atom is 0.130 e. The van der Waals surface area contributed by atoms with E-state index >= 15 is 0 Å². The van der Waals surface area contributed by atoms with Gasteiger partial charge in [0.05, 0.1) is 0 Å². The van der Waals surface area contributed by atoms with Crippen molar-refractivity contribution >= 4 is 28.3 Å². The van der Waals surface area contributed by atoms with Crippen LogP contribution >= 0.6 is 28.3 Å². The molecular formula is C13H20BrClFN. The van der Waals surface area contributed by atoms with E-state index in [4.69, 9.17) is 5.73 Å². The molecule has 0 aliphatic heterocycles. The molecule has 0 aliphatic carbocycles. The topological polar surface area (TPSA) is 26.0 Å². The van der Waals surface area contributed by atoms with Crippen LogP contribution in [0.1, 0.15) is 43.9 Å². The Labute approximate surface area is 118 Å². The molecule has 0 unspecified atom stereocenters. The molecule has 0 heterocycles. The predicted octanol–water partition coefficient (Wildman–Crippen LogP) is 4.75. The summed E-state index contributed by atoms with van der Waals surface area (Å²) in [5, 5.41) is 0. The van der Waals surface area contributed by atoms with Crippen molar-refractivity contribution in [1.82, 2.24) is 0 Å². The Morgan fingerprint density at radius 2 is 1.88 bits per heavy atom. The average Bonchev–Trinajstić information content (AvgIpc) is 2.19. The van der Waals surface area contributed by atoms with Gasteiger partial charge in [-0.15, -0.1) is 12.4 Å². The lowest BCUT2D eigenvalue weighted by Gasteiger charge is -2.16. The van der Waals surface area contributed by atoms with Gasteiger partial charge in [0.15, 0.2) is 0 Å². The fourth-order valence-electron chi connectivity index (χ4n) is 1.69. The van der Waals surface area contributed by atoms with E-state index in [0.717, 1.165) is 17.3 Å². The zero-order chi connectivity index (χ0) is 12.3. The Bertz CT molecular complexity index is 369. The molecule has 0 saturated carbocycles. The van der Waals surface area contributed by atoms with Crippen LogP contribution in [-0.4, -0.2) is 0 Å². The van der Waals surface area contributed by atoms with Gasteiger partial charge in [0.1, 0.15) is 5.82 Å². The standard InChI is InChI=1S/C13H19BrFN.ClH/c1-8(2)4-5-12(16)11-7-10(14)6-9(3)13(11)15;/h6-8,12H,4-5,16H2,1-3H3;1H/t12-;/m1./s1. The van der Waals surface area contributed by atoms with E-state index < -0.39 is 0 Å². The van der Waals surface area contributed by atoms with Crippen LogP contribution in [0.2, 0.25) is 0 Å². The fourth-order valence-corrected chi connectivity index (χ4v) is 2.28. The number of hydrogen-bond donors (Lipinski definition) is 1. The Morgan fingerprint density at radius 3 is 2.41 bits per heavy atom. The van der Waals surface area contributed by atoms with Gasteiger partial charge in [-0.3, -0.25) is 0 Å². The average molecular weight is 325 g/mol. The molecule has 1 aromatic carbocycles. The lowest BCUT2D eigenvalue weighted by Crippen LogP contribution is -2.13. The highest BCUT2D eigenvalue weighted by molar-refractivity contribution is 9.10. The highest BCUT2D eigenvalue weighted by Gasteiger charge is 2.14. The largest absolute Gasteiger partial charge is 0.324 e. The van der Waals surface area contributed by atoms with Crippen molar-refractivity contribution in [2.24, 2.45) is 11.7 Å². The third-order valence-corrected chi connectivity index (χ3v) is 3.16. The van der Waals surface area contributed by atoms with Crippen molar-refractivity contribution in [3.05, 3.63) is 33.5 Å². The summed E-state index contributed by atoms with van der Waals surface area (Å²) in [7, 11) is 0. The van der Waals surface area contributed by atoms with Crippen molar-refractivity contribution in [1.29, 1.82) is 0 Å². The van der Waals surface area contributed by atoms with Gasteiger partial charge >= 0.3 is 0 Å². The molecule has 0 amide bonds. The molecule has 0 saturated heterocycles. The van der Waals surface area contributed by atoms with Crippen LogP contribution in [0.3, 0.4) is 0 Å². The van der Waals surface area contributed by atoms with E-state index in [-0.39, 0.29) is 24.3 Å². The Morgan fingerprint density at radius 1 is 1.29 bits per heavy atom. The summed E-state index contributed by atoms with van der Waals surface area (Å²) >= 11 is 3.37. The van der Waals surface area contributed by atoms with Gasteiger partial charge in [-0.2, -0.15) is 0 Å². The van der Waals surface area contributed by atoms with Crippen LogP contribution in [0.4, 0.5) is 4.39 Å². The monoisotopic (exact) mass is 323 g/mol. The number of nitrogens with two attached hydrogens (primary N) is 1. The minimum atomic E-state index is -0.210. The van der Waals surface area contributed by atoms with E-state index in [1.165, 1.54) is 0 Å². The first-order valence-corrected chi connectivity index (χ1v) is 6.42. The lowest BCUT2D eigenvalue weighted by molar-refractivity contribution is 0.489. The highest BCUT2D eigenvalue weighted by atomic mass is 79.9. The first-order valence-electron chi connectivity index (χ1n) is 5.63. The van der Waals surface area contributed by atoms with Gasteiger partial charge in [0, 0.05) is 16.1 Å². The molecule has 2 N–H and O–H groups in total. The lowest BCUT2D eigenvalue weighted by atomic mass is 9.97. The molecule has 0 radical (unpaired) electrons. The van der Waals surface area contributed by atoms with Crippen LogP contribution in [0.25, 0.3) is 0 Å². The minimum Gasteiger partial charge on any atom is -0.324 e. The summed E-state index contributed by atoms with van der Waals surface area (Å²) in [4.78, 5) is 0. The number of benzene rings is 1. The Hall–Kier alpha value is -0.120. The van der Waals surface area contributed by atoms with Gasteiger partial charge in [0.2, 0.25) is 0 Å². The van der Waals surface area contributed by atoms with Crippen molar-refractivity contribution in [2.75, 3.05) is 0 Å². The fraction of sp³-hybridized carbons (Fsp3) is 0.538. The zero-order valence-electron chi connectivity index (χ0n) is 10.5. The van der Waals surface area contributed by atoms with Crippen LogP contribution in [0.5, 0.6) is 0 Å². The van der Waals surface area contributed by atoms with Gasteiger partial charge in [-0.1, -0.05) is 29.8 Å². The molecule has 0 fully saturated rings.